The maximum absolute atomic E-state index is 13.8. The molecule has 2 aromatic carbocycles. The van der Waals surface area contributed by atoms with Gasteiger partial charge in [-0.3, -0.25) is 14.2 Å². The number of benzene rings is 2. The van der Waals surface area contributed by atoms with E-state index in [0.717, 1.165) is 6.20 Å². The molecule has 0 aliphatic rings. The van der Waals surface area contributed by atoms with Gasteiger partial charge in [-0.15, -0.1) is 0 Å². The largest absolute Gasteiger partial charge is 0.322 e. The molecule has 116 valence electrons. The Morgan fingerprint density at radius 1 is 1.26 bits per heavy atom. The first-order valence-electron chi connectivity index (χ1n) is 6.74. The first kappa shape index (κ1) is 15.4. The van der Waals surface area contributed by atoms with Gasteiger partial charge in [-0.25, -0.2) is 9.37 Å². The van der Waals surface area contributed by atoms with Gasteiger partial charge in [0.2, 0.25) is 5.91 Å². The molecular weight excluding hydrogens is 365 g/mol. The van der Waals surface area contributed by atoms with Crippen LogP contribution in [0.3, 0.4) is 0 Å². The van der Waals surface area contributed by atoms with Crippen molar-refractivity contribution < 1.29 is 9.18 Å². The zero-order valence-corrected chi connectivity index (χ0v) is 13.4. The lowest BCUT2D eigenvalue weighted by atomic mass is 10.3. The molecule has 0 unspecified atom stereocenters. The first-order valence-corrected chi connectivity index (χ1v) is 7.53. The highest BCUT2D eigenvalue weighted by atomic mass is 79.9. The molecule has 3 rings (SSSR count). The van der Waals surface area contributed by atoms with Crippen LogP contribution in [0, 0.1) is 5.82 Å². The molecule has 0 fully saturated rings. The number of carbonyl (C=O) groups is 1. The van der Waals surface area contributed by atoms with Gasteiger partial charge in [-0.2, -0.15) is 0 Å². The fraction of sp³-hybridized carbons (Fsp3) is 0.0625. The third kappa shape index (κ3) is 3.29. The van der Waals surface area contributed by atoms with E-state index in [1.54, 1.807) is 30.3 Å². The zero-order chi connectivity index (χ0) is 16.4. The van der Waals surface area contributed by atoms with E-state index < -0.39 is 17.3 Å². The van der Waals surface area contributed by atoms with Crippen LogP contribution in [0.1, 0.15) is 0 Å². The molecule has 0 saturated carbocycles. The van der Waals surface area contributed by atoms with Gasteiger partial charge in [-0.05, 0) is 30.3 Å². The van der Waals surface area contributed by atoms with Crippen molar-refractivity contribution in [1.29, 1.82) is 0 Å². The summed E-state index contributed by atoms with van der Waals surface area (Å²) in [5, 5.41) is 2.46. The summed E-state index contributed by atoms with van der Waals surface area (Å²) in [6, 6.07) is 11.3. The Morgan fingerprint density at radius 2 is 2.04 bits per heavy atom. The number of fused-ring (bicyclic) bond motifs is 1. The Kier molecular flexibility index (Phi) is 4.20. The van der Waals surface area contributed by atoms with Crippen LogP contribution < -0.4 is 10.9 Å². The summed E-state index contributed by atoms with van der Waals surface area (Å²) >= 11 is 3.15. The minimum Gasteiger partial charge on any atom is -0.322 e. The van der Waals surface area contributed by atoms with Crippen LogP contribution in [0.4, 0.5) is 10.1 Å². The van der Waals surface area contributed by atoms with Crippen LogP contribution in [0.5, 0.6) is 0 Å². The van der Waals surface area contributed by atoms with Crippen LogP contribution in [0.15, 0.2) is 57.9 Å². The van der Waals surface area contributed by atoms with Gasteiger partial charge in [0.15, 0.2) is 0 Å². The lowest BCUT2D eigenvalue weighted by Crippen LogP contribution is -2.28. The van der Waals surface area contributed by atoms with Crippen molar-refractivity contribution in [3.63, 3.8) is 0 Å². The van der Waals surface area contributed by atoms with E-state index in [1.807, 2.05) is 0 Å². The number of aromatic nitrogens is 2. The average Bonchev–Trinajstić information content (AvgIpc) is 2.53. The Balaban J connectivity index is 1.89. The molecule has 7 heteroatoms. The topological polar surface area (TPSA) is 64.0 Å². The highest BCUT2D eigenvalue weighted by Crippen LogP contribution is 2.19. The van der Waals surface area contributed by atoms with Crippen molar-refractivity contribution in [2.75, 3.05) is 5.32 Å². The summed E-state index contributed by atoms with van der Waals surface area (Å²) in [4.78, 5) is 28.1. The van der Waals surface area contributed by atoms with Crippen molar-refractivity contribution in [1.82, 2.24) is 9.55 Å². The second-order valence-corrected chi connectivity index (χ2v) is 5.76. The molecule has 0 aliphatic carbocycles. The lowest BCUT2D eigenvalue weighted by molar-refractivity contribution is -0.116. The Hall–Kier alpha value is -2.54. The molecule has 0 radical (unpaired) electrons. The summed E-state index contributed by atoms with van der Waals surface area (Å²) in [6.07, 6.45) is 1.16. The summed E-state index contributed by atoms with van der Waals surface area (Å²) < 4.78 is 15.6. The van der Waals surface area contributed by atoms with Crippen molar-refractivity contribution >= 4 is 38.6 Å². The zero-order valence-electron chi connectivity index (χ0n) is 11.8. The number of hydrogen-bond donors (Lipinski definition) is 1. The van der Waals surface area contributed by atoms with E-state index >= 15 is 0 Å². The fourth-order valence-electron chi connectivity index (χ4n) is 2.20. The molecule has 0 aliphatic heterocycles. The smallest absolute Gasteiger partial charge is 0.269 e. The van der Waals surface area contributed by atoms with Gasteiger partial charge < -0.3 is 5.32 Å². The molecule has 3 aromatic rings. The second kappa shape index (κ2) is 6.29. The van der Waals surface area contributed by atoms with Crippen LogP contribution in [0.25, 0.3) is 11.0 Å². The van der Waals surface area contributed by atoms with Crippen LogP contribution >= 0.6 is 15.9 Å². The van der Waals surface area contributed by atoms with E-state index in [-0.39, 0.29) is 12.2 Å². The van der Waals surface area contributed by atoms with Crippen molar-refractivity contribution in [3.05, 3.63) is 69.3 Å². The summed E-state index contributed by atoms with van der Waals surface area (Å²) in [7, 11) is 0. The maximum atomic E-state index is 13.8. The summed E-state index contributed by atoms with van der Waals surface area (Å²) in [6.45, 7) is -0.225. The standard InChI is InChI=1S/C16H11BrFN3O2/c17-10-5-6-12(11(18)7-10)20-15(22)9-21-14-4-2-1-3-13(14)19-8-16(21)23/h1-8H,9H2,(H,20,22). The Bertz CT molecular complexity index is 955. The number of carbonyl (C=O) groups excluding carboxylic acids is 1. The second-order valence-electron chi connectivity index (χ2n) is 4.84. The number of halogens is 2. The molecule has 1 amide bonds. The Morgan fingerprint density at radius 3 is 2.83 bits per heavy atom. The number of anilines is 1. The van der Waals surface area contributed by atoms with Crippen LogP contribution in [-0.4, -0.2) is 15.5 Å². The minimum atomic E-state index is -0.556. The van der Waals surface area contributed by atoms with Crippen LogP contribution in [-0.2, 0) is 11.3 Å². The lowest BCUT2D eigenvalue weighted by Gasteiger charge is -2.10. The molecule has 1 aromatic heterocycles. The summed E-state index contributed by atoms with van der Waals surface area (Å²) in [5.74, 6) is -1.05. The predicted molar refractivity (Wildman–Crippen MR) is 88.7 cm³/mol. The monoisotopic (exact) mass is 375 g/mol. The number of rotatable bonds is 3. The molecule has 1 N–H and O–H groups in total. The number of hydrogen-bond acceptors (Lipinski definition) is 3. The van der Waals surface area contributed by atoms with Gasteiger partial charge in [0.05, 0.1) is 22.9 Å². The van der Waals surface area contributed by atoms with Gasteiger partial charge in [0.25, 0.3) is 5.56 Å². The SMILES string of the molecule is O=C(Cn1c(=O)cnc2ccccc21)Nc1ccc(Br)cc1F. The van der Waals surface area contributed by atoms with E-state index in [1.165, 1.54) is 16.7 Å². The molecule has 1 heterocycles. The normalized spacial score (nSPS) is 10.7. The van der Waals surface area contributed by atoms with Crippen molar-refractivity contribution in [2.24, 2.45) is 0 Å². The molecular formula is C16H11BrFN3O2. The van der Waals surface area contributed by atoms with E-state index in [0.29, 0.717) is 15.5 Å². The van der Waals surface area contributed by atoms with Gasteiger partial charge in [0.1, 0.15) is 12.4 Å². The quantitative estimate of drug-likeness (QED) is 0.765. The number of nitrogens with zero attached hydrogens (tertiary/aromatic N) is 2. The third-order valence-electron chi connectivity index (χ3n) is 3.26. The molecule has 23 heavy (non-hydrogen) atoms. The van der Waals surface area contributed by atoms with Gasteiger partial charge >= 0.3 is 0 Å². The van der Waals surface area contributed by atoms with Crippen molar-refractivity contribution in [3.8, 4) is 0 Å². The Labute approximate surface area is 138 Å². The van der Waals surface area contributed by atoms with Gasteiger partial charge in [-0.1, -0.05) is 28.1 Å². The third-order valence-corrected chi connectivity index (χ3v) is 3.75. The van der Waals surface area contributed by atoms with Crippen molar-refractivity contribution in [2.45, 2.75) is 6.54 Å². The number of nitrogens with one attached hydrogen (secondary N) is 1. The number of para-hydroxylation sites is 2. The summed E-state index contributed by atoms with van der Waals surface area (Å²) in [5.41, 5.74) is 0.820. The predicted octanol–water partition coefficient (Wildman–Crippen LogP) is 2.94. The highest BCUT2D eigenvalue weighted by Gasteiger charge is 2.11. The molecule has 0 atom stereocenters. The molecule has 0 bridgehead atoms. The molecule has 0 saturated heterocycles. The fourth-order valence-corrected chi connectivity index (χ4v) is 2.54. The number of amides is 1. The maximum Gasteiger partial charge on any atom is 0.269 e. The molecule has 0 spiro atoms. The van der Waals surface area contributed by atoms with E-state index in [2.05, 4.69) is 26.2 Å². The van der Waals surface area contributed by atoms with E-state index in [9.17, 15) is 14.0 Å². The van der Waals surface area contributed by atoms with Gasteiger partial charge in [0, 0.05) is 4.47 Å². The minimum absolute atomic E-state index is 0.0598. The van der Waals surface area contributed by atoms with E-state index in [4.69, 9.17) is 0 Å². The first-order chi connectivity index (χ1) is 11.0. The molecule has 5 nitrogen and oxygen atoms in total. The highest BCUT2D eigenvalue weighted by molar-refractivity contribution is 9.10. The average molecular weight is 376 g/mol. The van der Waals surface area contributed by atoms with Crippen LogP contribution in [0.2, 0.25) is 0 Å².